The molecule has 0 radical (unpaired) electrons. The number of ketones is 2. The van der Waals surface area contributed by atoms with E-state index in [9.17, 15) is 14.7 Å². The molecule has 5 rings (SSSR count). The van der Waals surface area contributed by atoms with Crippen LogP contribution in [0.4, 0.5) is 0 Å². The molecule has 4 heteroatoms. The predicted octanol–water partition coefficient (Wildman–Crippen LogP) is 5.01. The van der Waals surface area contributed by atoms with E-state index in [1.54, 1.807) is 0 Å². The van der Waals surface area contributed by atoms with Gasteiger partial charge in [0.15, 0.2) is 5.78 Å². The first-order chi connectivity index (χ1) is 14.6. The SMILES string of the molecule is CC1CCC(C(=O)C(C)C2CCC3C4CC(=O)C5CC(O)CCC5(C)C4CCC23C)=N1. The third-order valence-electron chi connectivity index (χ3n) is 11.0. The number of nitrogens with zero attached hydrogens (tertiary/aromatic N) is 1. The Balaban J connectivity index is 1.38. The van der Waals surface area contributed by atoms with Gasteiger partial charge in [-0.1, -0.05) is 20.8 Å². The number of fused-ring (bicyclic) bond motifs is 5. The van der Waals surface area contributed by atoms with E-state index in [1.807, 2.05) is 0 Å². The molecule has 4 fully saturated rings. The Bertz CT molecular complexity index is 804. The highest BCUT2D eigenvalue weighted by Crippen LogP contribution is 2.67. The monoisotopic (exact) mass is 427 g/mol. The number of hydrogen-bond acceptors (Lipinski definition) is 4. The number of hydrogen-bond donors (Lipinski definition) is 1. The van der Waals surface area contributed by atoms with E-state index < -0.39 is 0 Å². The van der Waals surface area contributed by atoms with E-state index in [-0.39, 0.29) is 28.8 Å². The van der Waals surface area contributed by atoms with Gasteiger partial charge in [0.05, 0.1) is 11.8 Å². The van der Waals surface area contributed by atoms with Gasteiger partial charge in [-0.2, -0.15) is 0 Å². The maximum Gasteiger partial charge on any atom is 0.179 e. The smallest absolute Gasteiger partial charge is 0.179 e. The number of carbonyl (C=O) groups excluding carboxylic acids is 2. The van der Waals surface area contributed by atoms with Gasteiger partial charge in [0.2, 0.25) is 0 Å². The van der Waals surface area contributed by atoms with Crippen LogP contribution < -0.4 is 0 Å². The minimum absolute atomic E-state index is 0.0445. The minimum Gasteiger partial charge on any atom is -0.393 e. The maximum absolute atomic E-state index is 13.3. The first-order valence-electron chi connectivity index (χ1n) is 13.0. The molecule has 0 bridgehead atoms. The van der Waals surface area contributed by atoms with Crippen molar-refractivity contribution in [2.24, 2.45) is 51.3 Å². The van der Waals surface area contributed by atoms with Crippen molar-refractivity contribution in [3.05, 3.63) is 0 Å². The lowest BCUT2D eigenvalue weighted by Crippen LogP contribution is -2.57. The summed E-state index contributed by atoms with van der Waals surface area (Å²) in [6.07, 6.45) is 9.44. The van der Waals surface area contributed by atoms with Crippen molar-refractivity contribution in [3.63, 3.8) is 0 Å². The van der Waals surface area contributed by atoms with Crippen molar-refractivity contribution >= 4 is 17.3 Å². The summed E-state index contributed by atoms with van der Waals surface area (Å²) in [5, 5.41) is 10.2. The molecule has 0 aromatic carbocycles. The maximum atomic E-state index is 13.3. The Morgan fingerprint density at radius 3 is 2.48 bits per heavy atom. The molecule has 0 aromatic rings. The first kappa shape index (κ1) is 21.8. The fourth-order valence-corrected chi connectivity index (χ4v) is 9.25. The molecule has 4 nitrogen and oxygen atoms in total. The highest BCUT2D eigenvalue weighted by Gasteiger charge is 2.62. The second-order valence-corrected chi connectivity index (χ2v) is 12.4. The van der Waals surface area contributed by atoms with Gasteiger partial charge in [0.1, 0.15) is 5.78 Å². The van der Waals surface area contributed by atoms with Crippen LogP contribution in [0.5, 0.6) is 0 Å². The van der Waals surface area contributed by atoms with Crippen LogP contribution >= 0.6 is 0 Å². The summed E-state index contributed by atoms with van der Waals surface area (Å²) < 4.78 is 0. The quantitative estimate of drug-likeness (QED) is 0.688. The number of rotatable bonds is 3. The van der Waals surface area contributed by atoms with Gasteiger partial charge in [-0.05, 0) is 99.2 Å². The van der Waals surface area contributed by atoms with Crippen LogP contribution in [0.1, 0.15) is 91.9 Å². The first-order valence-corrected chi connectivity index (χ1v) is 13.0. The highest BCUT2D eigenvalue weighted by atomic mass is 16.3. The Labute approximate surface area is 187 Å². The number of carbonyl (C=O) groups is 2. The molecule has 0 spiro atoms. The lowest BCUT2D eigenvalue weighted by Gasteiger charge is -2.60. The van der Waals surface area contributed by atoms with Crippen LogP contribution in [0, 0.1) is 46.3 Å². The van der Waals surface area contributed by atoms with Crippen molar-refractivity contribution in [1.82, 2.24) is 0 Å². The Morgan fingerprint density at radius 1 is 1.06 bits per heavy atom. The molecule has 0 amide bonds. The van der Waals surface area contributed by atoms with E-state index in [0.29, 0.717) is 54.1 Å². The third-order valence-corrected chi connectivity index (χ3v) is 11.0. The van der Waals surface area contributed by atoms with Gasteiger partial charge in [0.25, 0.3) is 0 Å². The van der Waals surface area contributed by atoms with E-state index in [2.05, 4.69) is 32.7 Å². The molecule has 5 aliphatic rings. The standard InChI is InChI=1S/C27H41NO3/c1-15-5-8-23(28-15)25(31)16(2)19-6-7-20-18-14-24(30)22-13-17(29)9-11-27(22,4)21(18)10-12-26(19,20)3/h15-22,29H,5-14H2,1-4H3. The molecule has 10 atom stereocenters. The van der Waals surface area contributed by atoms with Gasteiger partial charge in [0, 0.05) is 24.3 Å². The molecular formula is C27H41NO3. The van der Waals surface area contributed by atoms with Gasteiger partial charge in [-0.25, -0.2) is 0 Å². The van der Waals surface area contributed by atoms with Crippen LogP contribution in [-0.2, 0) is 9.59 Å². The second kappa shape index (κ2) is 7.50. The number of aliphatic hydroxyl groups is 1. The summed E-state index contributed by atoms with van der Waals surface area (Å²) >= 11 is 0. The molecular weight excluding hydrogens is 386 g/mol. The lowest BCUT2D eigenvalue weighted by molar-refractivity contribution is -0.160. The summed E-state index contributed by atoms with van der Waals surface area (Å²) in [7, 11) is 0. The van der Waals surface area contributed by atoms with Gasteiger partial charge in [-0.15, -0.1) is 0 Å². The van der Waals surface area contributed by atoms with Gasteiger partial charge >= 0.3 is 0 Å². The number of aliphatic hydroxyl groups excluding tert-OH is 1. The van der Waals surface area contributed by atoms with Crippen molar-refractivity contribution in [2.75, 3.05) is 0 Å². The van der Waals surface area contributed by atoms with Crippen LogP contribution in [0.3, 0.4) is 0 Å². The summed E-state index contributed by atoms with van der Waals surface area (Å²) in [5.41, 5.74) is 1.07. The number of Topliss-reactive ketones (excluding diaryl/α,β-unsaturated/α-hetero) is 2. The Kier molecular flexibility index (Phi) is 5.27. The Hall–Kier alpha value is -1.03. The fourth-order valence-electron chi connectivity index (χ4n) is 9.25. The van der Waals surface area contributed by atoms with Gasteiger partial charge in [-0.3, -0.25) is 14.6 Å². The summed E-state index contributed by atoms with van der Waals surface area (Å²) in [6, 6.07) is 0.296. The van der Waals surface area contributed by atoms with Crippen LogP contribution in [0.25, 0.3) is 0 Å². The number of aliphatic imine (C=N–C) groups is 1. The van der Waals surface area contributed by atoms with Crippen molar-refractivity contribution in [3.8, 4) is 0 Å². The molecule has 0 aromatic heterocycles. The Morgan fingerprint density at radius 2 is 1.77 bits per heavy atom. The second-order valence-electron chi connectivity index (χ2n) is 12.4. The van der Waals surface area contributed by atoms with Crippen molar-refractivity contribution in [1.29, 1.82) is 0 Å². The highest BCUT2D eigenvalue weighted by molar-refractivity contribution is 6.41. The van der Waals surface area contributed by atoms with E-state index in [4.69, 9.17) is 0 Å². The van der Waals surface area contributed by atoms with Crippen molar-refractivity contribution < 1.29 is 14.7 Å². The third kappa shape index (κ3) is 3.21. The van der Waals surface area contributed by atoms with E-state index in [0.717, 1.165) is 37.8 Å². The zero-order valence-electron chi connectivity index (χ0n) is 19.9. The fraction of sp³-hybridized carbons (Fsp3) is 0.889. The molecule has 4 aliphatic carbocycles. The molecule has 1 N–H and O–H groups in total. The predicted molar refractivity (Wildman–Crippen MR) is 122 cm³/mol. The normalized spacial score (nSPS) is 50.3. The molecule has 0 saturated heterocycles. The zero-order valence-corrected chi connectivity index (χ0v) is 19.9. The average molecular weight is 428 g/mol. The molecule has 1 heterocycles. The van der Waals surface area contributed by atoms with Crippen LogP contribution in [-0.4, -0.2) is 34.5 Å². The summed E-state index contributed by atoms with van der Waals surface area (Å²) in [5.74, 6) is 2.86. The average Bonchev–Trinajstić information content (AvgIpc) is 3.31. The molecule has 10 unspecified atom stereocenters. The molecule has 1 aliphatic heterocycles. The molecule has 172 valence electrons. The lowest BCUT2D eigenvalue weighted by atomic mass is 9.44. The largest absolute Gasteiger partial charge is 0.393 e. The van der Waals surface area contributed by atoms with Crippen LogP contribution in [0.2, 0.25) is 0 Å². The summed E-state index contributed by atoms with van der Waals surface area (Å²) in [6.45, 7) is 9.07. The van der Waals surface area contributed by atoms with E-state index in [1.165, 1.54) is 19.3 Å². The summed E-state index contributed by atoms with van der Waals surface area (Å²) in [4.78, 5) is 31.2. The minimum atomic E-state index is -0.295. The van der Waals surface area contributed by atoms with Crippen LogP contribution in [0.15, 0.2) is 4.99 Å². The zero-order chi connectivity index (χ0) is 22.1. The topological polar surface area (TPSA) is 66.7 Å². The van der Waals surface area contributed by atoms with E-state index >= 15 is 0 Å². The van der Waals surface area contributed by atoms with Crippen molar-refractivity contribution in [2.45, 2.75) is 104 Å². The van der Waals surface area contributed by atoms with Gasteiger partial charge < -0.3 is 5.11 Å². The molecule has 4 saturated carbocycles. The molecule has 31 heavy (non-hydrogen) atoms.